The van der Waals surface area contributed by atoms with E-state index < -0.39 is 0 Å². The van der Waals surface area contributed by atoms with Gasteiger partial charge in [0.2, 0.25) is 0 Å². The van der Waals surface area contributed by atoms with E-state index in [4.69, 9.17) is 17.3 Å². The Kier molecular flexibility index (Phi) is 2.44. The summed E-state index contributed by atoms with van der Waals surface area (Å²) in [6.45, 7) is 0. The Bertz CT molecular complexity index is 492. The molecule has 0 spiro atoms. The zero-order chi connectivity index (χ0) is 10.1. The van der Waals surface area contributed by atoms with Crippen LogP contribution in [0.4, 0.5) is 5.69 Å². The quantitative estimate of drug-likeness (QED) is 0.485. The van der Waals surface area contributed by atoms with E-state index >= 15 is 0 Å². The third-order valence-corrected chi connectivity index (χ3v) is 3.33. The molecule has 1 aromatic heterocycles. The van der Waals surface area contributed by atoms with E-state index in [1.54, 1.807) is 11.3 Å². The number of halogens is 1. The zero-order valence-electron chi connectivity index (χ0n) is 7.29. The number of carbonyl (C=O) groups excluding carboxylic acids is 1. The number of hydrogen-bond acceptors (Lipinski definition) is 3. The highest BCUT2D eigenvalue weighted by Crippen LogP contribution is 2.31. The number of aldehydes is 1. The average molecular weight is 226 g/mol. The number of rotatable bonds is 2. The maximum absolute atomic E-state index is 10.9. The van der Waals surface area contributed by atoms with Crippen LogP contribution in [0.2, 0.25) is 0 Å². The molecule has 2 aromatic rings. The minimum atomic E-state index is 0.270. The molecule has 0 saturated heterocycles. The van der Waals surface area contributed by atoms with Crippen LogP contribution in [0.15, 0.2) is 17.5 Å². The fourth-order valence-electron chi connectivity index (χ4n) is 1.49. The van der Waals surface area contributed by atoms with Gasteiger partial charge in [-0.2, -0.15) is 0 Å². The van der Waals surface area contributed by atoms with Crippen molar-refractivity contribution in [1.29, 1.82) is 0 Å². The summed E-state index contributed by atoms with van der Waals surface area (Å²) in [4.78, 5) is 10.9. The van der Waals surface area contributed by atoms with E-state index in [-0.39, 0.29) is 5.88 Å². The van der Waals surface area contributed by atoms with Gasteiger partial charge in [0.25, 0.3) is 0 Å². The summed E-state index contributed by atoms with van der Waals surface area (Å²) in [5.41, 5.74) is 7.74. The molecule has 0 aliphatic rings. The van der Waals surface area contributed by atoms with Crippen LogP contribution in [0, 0.1) is 0 Å². The Morgan fingerprint density at radius 2 is 2.36 bits per heavy atom. The SMILES string of the molecule is Nc1cc2sccc2c(C=O)c1CCl. The van der Waals surface area contributed by atoms with Crippen LogP contribution in [0.3, 0.4) is 0 Å². The van der Waals surface area contributed by atoms with Crippen LogP contribution in [0.5, 0.6) is 0 Å². The van der Waals surface area contributed by atoms with Crippen molar-refractivity contribution >= 4 is 45.0 Å². The molecule has 0 atom stereocenters. The average Bonchev–Trinajstić information content (AvgIpc) is 2.62. The van der Waals surface area contributed by atoms with Gasteiger partial charge in [0.05, 0.1) is 5.88 Å². The number of carbonyl (C=O) groups is 1. The Morgan fingerprint density at radius 3 is 3.00 bits per heavy atom. The molecular weight excluding hydrogens is 218 g/mol. The van der Waals surface area contributed by atoms with Crippen molar-refractivity contribution in [3.05, 3.63) is 28.6 Å². The third kappa shape index (κ3) is 1.29. The first kappa shape index (κ1) is 9.49. The predicted molar refractivity (Wildman–Crippen MR) is 61.2 cm³/mol. The highest BCUT2D eigenvalue weighted by molar-refractivity contribution is 7.17. The highest BCUT2D eigenvalue weighted by Gasteiger charge is 2.10. The number of alkyl halides is 1. The van der Waals surface area contributed by atoms with Crippen molar-refractivity contribution in [1.82, 2.24) is 0 Å². The van der Waals surface area contributed by atoms with Crippen LogP contribution in [-0.2, 0) is 5.88 Å². The minimum absolute atomic E-state index is 0.270. The Hall–Kier alpha value is -1.06. The molecule has 0 aliphatic heterocycles. The molecule has 0 saturated carbocycles. The van der Waals surface area contributed by atoms with Gasteiger partial charge in [-0.1, -0.05) is 0 Å². The molecular formula is C10H8ClNOS. The van der Waals surface area contributed by atoms with E-state index in [0.717, 1.165) is 21.9 Å². The molecule has 0 radical (unpaired) electrons. The van der Waals surface area contributed by atoms with Crippen LogP contribution in [-0.4, -0.2) is 6.29 Å². The fraction of sp³-hybridized carbons (Fsp3) is 0.100. The van der Waals surface area contributed by atoms with Crippen LogP contribution in [0.25, 0.3) is 10.1 Å². The Labute approximate surface area is 90.3 Å². The highest BCUT2D eigenvalue weighted by atomic mass is 35.5. The van der Waals surface area contributed by atoms with E-state index in [1.165, 1.54) is 0 Å². The van der Waals surface area contributed by atoms with Crippen LogP contribution < -0.4 is 5.73 Å². The summed E-state index contributed by atoms with van der Waals surface area (Å²) in [5, 5.41) is 2.88. The Morgan fingerprint density at radius 1 is 1.57 bits per heavy atom. The molecule has 2 nitrogen and oxygen atoms in total. The van der Waals surface area contributed by atoms with Gasteiger partial charge in [-0.3, -0.25) is 4.79 Å². The van der Waals surface area contributed by atoms with Crippen molar-refractivity contribution in [3.8, 4) is 0 Å². The van der Waals surface area contributed by atoms with Gasteiger partial charge in [0.1, 0.15) is 0 Å². The molecule has 1 aromatic carbocycles. The molecule has 0 bridgehead atoms. The van der Waals surface area contributed by atoms with E-state index in [9.17, 15) is 4.79 Å². The first-order valence-electron chi connectivity index (χ1n) is 4.07. The summed E-state index contributed by atoms with van der Waals surface area (Å²) in [6.07, 6.45) is 0.823. The first-order valence-corrected chi connectivity index (χ1v) is 5.49. The molecule has 4 heteroatoms. The number of thiophene rings is 1. The van der Waals surface area contributed by atoms with Gasteiger partial charge in [-0.25, -0.2) is 0 Å². The molecule has 14 heavy (non-hydrogen) atoms. The largest absolute Gasteiger partial charge is 0.398 e. The number of nitrogens with two attached hydrogens (primary N) is 1. The van der Waals surface area contributed by atoms with Crippen molar-refractivity contribution in [2.45, 2.75) is 5.88 Å². The molecule has 0 aliphatic carbocycles. The molecule has 2 rings (SSSR count). The summed E-state index contributed by atoms with van der Waals surface area (Å²) in [5.74, 6) is 0.270. The van der Waals surface area contributed by atoms with E-state index in [2.05, 4.69) is 0 Å². The molecule has 2 N–H and O–H groups in total. The lowest BCUT2D eigenvalue weighted by Gasteiger charge is -2.06. The molecule has 0 amide bonds. The normalized spacial score (nSPS) is 10.6. The Balaban J connectivity index is 2.88. The van der Waals surface area contributed by atoms with Gasteiger partial charge >= 0.3 is 0 Å². The van der Waals surface area contributed by atoms with Gasteiger partial charge in [-0.15, -0.1) is 22.9 Å². The molecule has 72 valence electrons. The van der Waals surface area contributed by atoms with Crippen LogP contribution >= 0.6 is 22.9 Å². The molecule has 0 unspecified atom stereocenters. The molecule has 1 heterocycles. The standard InChI is InChI=1S/C10H8ClNOS/c11-4-7-8(5-13)6-1-2-14-10(6)3-9(7)12/h1-3,5H,4,12H2. The lowest BCUT2D eigenvalue weighted by Crippen LogP contribution is -1.97. The number of benzene rings is 1. The van der Waals surface area contributed by atoms with E-state index in [0.29, 0.717) is 11.3 Å². The van der Waals surface area contributed by atoms with Gasteiger partial charge in [-0.05, 0) is 17.5 Å². The summed E-state index contributed by atoms with van der Waals surface area (Å²) in [7, 11) is 0. The van der Waals surface area contributed by atoms with Gasteiger partial charge in [0.15, 0.2) is 6.29 Å². The van der Waals surface area contributed by atoms with Crippen molar-refractivity contribution in [3.63, 3.8) is 0 Å². The van der Waals surface area contributed by atoms with Crippen LogP contribution in [0.1, 0.15) is 15.9 Å². The lowest BCUT2D eigenvalue weighted by molar-refractivity contribution is 0.112. The smallest absolute Gasteiger partial charge is 0.151 e. The fourth-order valence-corrected chi connectivity index (χ4v) is 2.63. The second-order valence-corrected chi connectivity index (χ2v) is 4.16. The second kappa shape index (κ2) is 3.59. The summed E-state index contributed by atoms with van der Waals surface area (Å²) in [6, 6.07) is 3.78. The van der Waals surface area contributed by atoms with Crippen molar-refractivity contribution < 1.29 is 4.79 Å². The van der Waals surface area contributed by atoms with Gasteiger partial charge in [0, 0.05) is 26.9 Å². The maximum atomic E-state index is 10.9. The minimum Gasteiger partial charge on any atom is -0.398 e. The van der Waals surface area contributed by atoms with Crippen molar-refractivity contribution in [2.24, 2.45) is 0 Å². The summed E-state index contributed by atoms with van der Waals surface area (Å²) >= 11 is 7.32. The first-order chi connectivity index (χ1) is 6.77. The zero-order valence-corrected chi connectivity index (χ0v) is 8.86. The topological polar surface area (TPSA) is 43.1 Å². The number of anilines is 1. The number of hydrogen-bond donors (Lipinski definition) is 1. The number of nitrogen functional groups attached to an aromatic ring is 1. The third-order valence-electron chi connectivity index (χ3n) is 2.20. The maximum Gasteiger partial charge on any atom is 0.151 e. The second-order valence-electron chi connectivity index (χ2n) is 2.94. The summed E-state index contributed by atoms with van der Waals surface area (Å²) < 4.78 is 1.03. The lowest BCUT2D eigenvalue weighted by atomic mass is 10.0. The number of fused-ring (bicyclic) bond motifs is 1. The predicted octanol–water partition coefficient (Wildman–Crippen LogP) is 3.03. The monoisotopic (exact) mass is 225 g/mol. The van der Waals surface area contributed by atoms with E-state index in [1.807, 2.05) is 17.5 Å². The van der Waals surface area contributed by atoms with Gasteiger partial charge < -0.3 is 5.73 Å². The van der Waals surface area contributed by atoms with Crippen molar-refractivity contribution in [2.75, 3.05) is 5.73 Å². The molecule has 0 fully saturated rings.